The topological polar surface area (TPSA) is 54.2 Å². The van der Waals surface area contributed by atoms with E-state index in [0.717, 1.165) is 31.0 Å². The highest BCUT2D eigenvalue weighted by molar-refractivity contribution is 5.42. The summed E-state index contributed by atoms with van der Waals surface area (Å²) in [5.41, 5.74) is 3.82. The van der Waals surface area contributed by atoms with Crippen LogP contribution in [0.2, 0.25) is 0 Å². The van der Waals surface area contributed by atoms with Gasteiger partial charge >= 0.3 is 0 Å². The van der Waals surface area contributed by atoms with Crippen molar-refractivity contribution in [2.24, 2.45) is 17.7 Å². The summed E-state index contributed by atoms with van der Waals surface area (Å²) in [4.78, 5) is 6.71. The molecule has 102 valence electrons. The molecule has 0 aromatic carbocycles. The Morgan fingerprint density at radius 2 is 1.83 bits per heavy atom. The van der Waals surface area contributed by atoms with Gasteiger partial charge in [-0.15, -0.1) is 0 Å². The Bertz CT molecular complexity index is 339. The molecular formula is C14H26N4. The fraction of sp³-hybridized carbons (Fsp3) is 0.643. The molecule has 4 nitrogen and oxygen atoms in total. The predicted molar refractivity (Wildman–Crippen MR) is 77.0 cm³/mol. The summed E-state index contributed by atoms with van der Waals surface area (Å²) in [6, 6.07) is 4.04. The highest BCUT2D eigenvalue weighted by atomic mass is 15.3. The van der Waals surface area contributed by atoms with E-state index in [9.17, 15) is 0 Å². The van der Waals surface area contributed by atoms with E-state index in [1.54, 1.807) is 6.20 Å². The number of nitrogens with one attached hydrogen (secondary N) is 1. The maximum absolute atomic E-state index is 5.50. The Balaban J connectivity index is 2.74. The van der Waals surface area contributed by atoms with Crippen LogP contribution in [0.4, 0.5) is 5.82 Å². The lowest BCUT2D eigenvalue weighted by Gasteiger charge is -2.26. The van der Waals surface area contributed by atoms with E-state index in [4.69, 9.17) is 5.84 Å². The molecule has 1 rings (SSSR count). The molecule has 0 unspecified atom stereocenters. The SMILES string of the molecule is CC(C)CN(Cc1cccnc1NN)CC(C)C. The average molecular weight is 250 g/mol. The van der Waals surface area contributed by atoms with Gasteiger partial charge < -0.3 is 5.43 Å². The van der Waals surface area contributed by atoms with E-state index in [1.165, 1.54) is 0 Å². The Morgan fingerprint density at radius 3 is 2.33 bits per heavy atom. The van der Waals surface area contributed by atoms with Crippen LogP contribution in [0.3, 0.4) is 0 Å². The molecule has 0 saturated carbocycles. The van der Waals surface area contributed by atoms with E-state index in [1.807, 2.05) is 6.07 Å². The summed E-state index contributed by atoms with van der Waals surface area (Å²) in [6.07, 6.45) is 1.76. The summed E-state index contributed by atoms with van der Waals surface area (Å²) in [6.45, 7) is 12.1. The van der Waals surface area contributed by atoms with Crippen molar-refractivity contribution < 1.29 is 0 Å². The van der Waals surface area contributed by atoms with E-state index in [2.05, 4.69) is 49.1 Å². The first-order valence-electron chi connectivity index (χ1n) is 6.65. The molecule has 0 amide bonds. The van der Waals surface area contributed by atoms with E-state index in [0.29, 0.717) is 11.8 Å². The van der Waals surface area contributed by atoms with Crippen LogP contribution in [0.25, 0.3) is 0 Å². The highest BCUT2D eigenvalue weighted by Crippen LogP contribution is 2.15. The highest BCUT2D eigenvalue weighted by Gasteiger charge is 2.12. The van der Waals surface area contributed by atoms with Gasteiger partial charge in [0.05, 0.1) is 0 Å². The fourth-order valence-electron chi connectivity index (χ4n) is 2.17. The molecule has 0 atom stereocenters. The van der Waals surface area contributed by atoms with Crippen LogP contribution in [-0.2, 0) is 6.54 Å². The molecule has 0 fully saturated rings. The summed E-state index contributed by atoms with van der Waals surface area (Å²) >= 11 is 0. The standard InChI is InChI=1S/C14H26N4/c1-11(2)8-18(9-12(3)4)10-13-6-5-7-16-14(13)17-15/h5-7,11-12H,8-10,15H2,1-4H3,(H,16,17). The number of aromatic nitrogens is 1. The lowest BCUT2D eigenvalue weighted by atomic mass is 10.1. The molecule has 1 heterocycles. The molecule has 4 heteroatoms. The van der Waals surface area contributed by atoms with Gasteiger partial charge in [-0.3, -0.25) is 4.90 Å². The number of pyridine rings is 1. The van der Waals surface area contributed by atoms with Gasteiger partial charge in [-0.1, -0.05) is 33.8 Å². The van der Waals surface area contributed by atoms with Crippen molar-refractivity contribution in [2.45, 2.75) is 34.2 Å². The largest absolute Gasteiger partial charge is 0.308 e. The van der Waals surface area contributed by atoms with E-state index < -0.39 is 0 Å². The molecule has 0 aliphatic rings. The number of nitrogens with zero attached hydrogens (tertiary/aromatic N) is 2. The van der Waals surface area contributed by atoms with E-state index >= 15 is 0 Å². The third kappa shape index (κ3) is 5.02. The van der Waals surface area contributed by atoms with Crippen LogP contribution in [-0.4, -0.2) is 23.0 Å². The van der Waals surface area contributed by atoms with Gasteiger partial charge in [-0.05, 0) is 17.9 Å². The van der Waals surface area contributed by atoms with Crippen molar-refractivity contribution >= 4 is 5.82 Å². The number of rotatable bonds is 7. The predicted octanol–water partition coefficient (Wildman–Crippen LogP) is 2.48. The zero-order valence-electron chi connectivity index (χ0n) is 12.0. The molecule has 1 aromatic heterocycles. The van der Waals surface area contributed by atoms with Gasteiger partial charge in [0.1, 0.15) is 5.82 Å². The van der Waals surface area contributed by atoms with Crippen LogP contribution in [0.15, 0.2) is 18.3 Å². The minimum atomic E-state index is 0.662. The van der Waals surface area contributed by atoms with Crippen molar-refractivity contribution in [2.75, 3.05) is 18.5 Å². The van der Waals surface area contributed by atoms with Crippen LogP contribution >= 0.6 is 0 Å². The Morgan fingerprint density at radius 1 is 1.22 bits per heavy atom. The maximum Gasteiger partial charge on any atom is 0.144 e. The number of hydrogen-bond acceptors (Lipinski definition) is 4. The lowest BCUT2D eigenvalue weighted by Crippen LogP contribution is -2.31. The summed E-state index contributed by atoms with van der Waals surface area (Å²) in [5, 5.41) is 0. The van der Waals surface area contributed by atoms with Crippen molar-refractivity contribution in [3.63, 3.8) is 0 Å². The lowest BCUT2D eigenvalue weighted by molar-refractivity contribution is 0.211. The van der Waals surface area contributed by atoms with Gasteiger partial charge in [0, 0.05) is 31.4 Å². The van der Waals surface area contributed by atoms with Crippen molar-refractivity contribution in [1.82, 2.24) is 9.88 Å². The first-order valence-corrected chi connectivity index (χ1v) is 6.65. The van der Waals surface area contributed by atoms with Crippen LogP contribution in [0.1, 0.15) is 33.3 Å². The van der Waals surface area contributed by atoms with Crippen LogP contribution < -0.4 is 11.3 Å². The first-order chi connectivity index (χ1) is 8.52. The minimum absolute atomic E-state index is 0.662. The Kier molecular flexibility index (Phi) is 6.09. The second-order valence-electron chi connectivity index (χ2n) is 5.64. The molecule has 0 aliphatic heterocycles. The number of anilines is 1. The molecule has 18 heavy (non-hydrogen) atoms. The third-order valence-corrected chi connectivity index (χ3v) is 2.67. The number of nitrogen functional groups attached to an aromatic ring is 1. The molecule has 0 bridgehead atoms. The summed E-state index contributed by atoms with van der Waals surface area (Å²) in [5.74, 6) is 7.59. The number of hydrazine groups is 1. The Hall–Kier alpha value is -1.13. The molecule has 0 aliphatic carbocycles. The monoisotopic (exact) mass is 250 g/mol. The Labute approximate surface area is 111 Å². The zero-order chi connectivity index (χ0) is 13.5. The summed E-state index contributed by atoms with van der Waals surface area (Å²) < 4.78 is 0. The number of hydrogen-bond donors (Lipinski definition) is 2. The van der Waals surface area contributed by atoms with Crippen molar-refractivity contribution in [3.8, 4) is 0 Å². The number of nitrogens with two attached hydrogens (primary N) is 1. The quantitative estimate of drug-likeness (QED) is 0.576. The fourth-order valence-corrected chi connectivity index (χ4v) is 2.17. The molecule has 3 N–H and O–H groups in total. The minimum Gasteiger partial charge on any atom is -0.308 e. The van der Waals surface area contributed by atoms with Gasteiger partial charge in [0.2, 0.25) is 0 Å². The van der Waals surface area contributed by atoms with Crippen LogP contribution in [0.5, 0.6) is 0 Å². The van der Waals surface area contributed by atoms with Crippen molar-refractivity contribution in [1.29, 1.82) is 0 Å². The maximum atomic E-state index is 5.50. The third-order valence-electron chi connectivity index (χ3n) is 2.67. The molecule has 0 radical (unpaired) electrons. The average Bonchev–Trinajstić information content (AvgIpc) is 2.27. The van der Waals surface area contributed by atoms with Crippen LogP contribution in [0, 0.1) is 11.8 Å². The second kappa shape index (κ2) is 7.34. The van der Waals surface area contributed by atoms with Gasteiger partial charge in [-0.2, -0.15) is 0 Å². The second-order valence-corrected chi connectivity index (χ2v) is 5.64. The smallest absolute Gasteiger partial charge is 0.144 e. The molecule has 1 aromatic rings. The zero-order valence-corrected chi connectivity index (χ0v) is 12.0. The molecule has 0 saturated heterocycles. The summed E-state index contributed by atoms with van der Waals surface area (Å²) in [7, 11) is 0. The molecule has 0 spiro atoms. The van der Waals surface area contributed by atoms with Gasteiger partial charge in [0.25, 0.3) is 0 Å². The normalized spacial score (nSPS) is 11.6. The molecular weight excluding hydrogens is 224 g/mol. The van der Waals surface area contributed by atoms with Gasteiger partial charge in [-0.25, -0.2) is 10.8 Å². The first kappa shape index (κ1) is 14.9. The van der Waals surface area contributed by atoms with Crippen molar-refractivity contribution in [3.05, 3.63) is 23.9 Å². The van der Waals surface area contributed by atoms with E-state index in [-0.39, 0.29) is 0 Å². The van der Waals surface area contributed by atoms with Gasteiger partial charge in [0.15, 0.2) is 0 Å².